The van der Waals surface area contributed by atoms with Crippen LogP contribution in [0.25, 0.3) is 22.2 Å². The second kappa shape index (κ2) is 14.2. The van der Waals surface area contributed by atoms with Gasteiger partial charge in [-0.25, -0.2) is 9.59 Å². The van der Waals surface area contributed by atoms with Gasteiger partial charge in [0.1, 0.15) is 34.3 Å². The summed E-state index contributed by atoms with van der Waals surface area (Å²) >= 11 is 1.63. The average Bonchev–Trinajstić information content (AvgIpc) is 3.51. The molecule has 0 bridgehead atoms. The quantitative estimate of drug-likeness (QED) is 0.252. The lowest BCUT2D eigenvalue weighted by Crippen LogP contribution is -2.56. The molecular formula is C37H48N6O6S. The van der Waals surface area contributed by atoms with Crippen molar-refractivity contribution >= 4 is 46.2 Å². The molecule has 6 rings (SSSR count). The van der Waals surface area contributed by atoms with Crippen molar-refractivity contribution in [1.82, 2.24) is 30.5 Å². The predicted octanol–water partition coefficient (Wildman–Crippen LogP) is 5.77. The van der Waals surface area contributed by atoms with E-state index in [2.05, 4.69) is 35.1 Å². The summed E-state index contributed by atoms with van der Waals surface area (Å²) in [7, 11) is 0. The second-order valence-electron chi connectivity index (χ2n) is 14.7. The zero-order valence-electron chi connectivity index (χ0n) is 29.8. The molecule has 12 nitrogen and oxygen atoms in total. The van der Waals surface area contributed by atoms with Gasteiger partial charge in [0.05, 0.1) is 12.6 Å². The van der Waals surface area contributed by atoms with E-state index in [9.17, 15) is 19.2 Å². The van der Waals surface area contributed by atoms with Gasteiger partial charge < -0.3 is 25.0 Å². The van der Waals surface area contributed by atoms with E-state index in [1.54, 1.807) is 43.8 Å². The molecule has 3 amide bonds. The molecule has 13 heteroatoms. The number of carbonyl (C=O) groups excluding carboxylic acids is 4. The van der Waals surface area contributed by atoms with Crippen LogP contribution in [0.3, 0.4) is 0 Å². The highest BCUT2D eigenvalue weighted by molar-refractivity contribution is 7.08. The molecule has 2 aliphatic heterocycles. The summed E-state index contributed by atoms with van der Waals surface area (Å²) in [6.07, 6.45) is 7.63. The normalized spacial score (nSPS) is 26.6. The molecule has 268 valence electrons. The molecule has 4 heterocycles. The Labute approximate surface area is 296 Å². The lowest BCUT2D eigenvalue weighted by atomic mass is 9.98. The summed E-state index contributed by atoms with van der Waals surface area (Å²) in [5.74, 6) is -1.50. The van der Waals surface area contributed by atoms with Gasteiger partial charge in [-0.3, -0.25) is 9.59 Å². The van der Waals surface area contributed by atoms with Crippen LogP contribution in [0.15, 0.2) is 35.0 Å². The molecule has 0 radical (unpaired) electrons. The van der Waals surface area contributed by atoms with Gasteiger partial charge in [-0.05, 0) is 112 Å². The third kappa shape index (κ3) is 7.28. The first-order valence-corrected chi connectivity index (χ1v) is 18.6. The third-order valence-corrected chi connectivity index (χ3v) is 10.7. The molecule has 1 saturated heterocycles. The van der Waals surface area contributed by atoms with E-state index in [0.717, 1.165) is 52.5 Å². The van der Waals surface area contributed by atoms with Crippen LogP contribution in [-0.4, -0.2) is 80.1 Å². The number of aryl methyl sites for hydroxylation is 1. The van der Waals surface area contributed by atoms with Gasteiger partial charge in [0.15, 0.2) is 0 Å². The van der Waals surface area contributed by atoms with Gasteiger partial charge >= 0.3 is 12.1 Å². The standard InChI is InChI=1S/C37H48N6O6S/c1-7-48-34(46)37-19-25(37)13-11-9-8-10-12-14-28(38-35(47)49-36(4,5)6)33(45)42-20-26(17-30(42)32(44)39-37)43-40-29-18-27(24-15-16-50-21-24)22(2)23(3)31(29)41-43/h11,13,15-16,18,21,25-26,28,30H,7-10,12,14,17,19-20H2,1-6H3,(H,38,47)(H,39,44)/b13-11-/t25?,26?,28-,30?,37+/m0/s1. The molecule has 3 unspecified atom stereocenters. The fourth-order valence-electron chi connectivity index (χ4n) is 7.14. The number of allylic oxidation sites excluding steroid dienone is 1. The summed E-state index contributed by atoms with van der Waals surface area (Å²) in [5.41, 5.74) is 3.89. The van der Waals surface area contributed by atoms with Crippen LogP contribution in [0.5, 0.6) is 0 Å². The number of hydrogen-bond acceptors (Lipinski definition) is 9. The van der Waals surface area contributed by atoms with Crippen LogP contribution >= 0.6 is 11.3 Å². The van der Waals surface area contributed by atoms with E-state index < -0.39 is 47.2 Å². The molecule has 3 aromatic rings. The first-order valence-electron chi connectivity index (χ1n) is 17.7. The average molecular weight is 705 g/mol. The number of nitrogens with one attached hydrogen (secondary N) is 2. The number of amides is 3. The number of thiophene rings is 1. The third-order valence-electron chi connectivity index (χ3n) is 10.0. The van der Waals surface area contributed by atoms with E-state index in [0.29, 0.717) is 19.3 Å². The number of alkyl carbamates (subject to hydrolysis) is 1. The van der Waals surface area contributed by atoms with Crippen LogP contribution in [0.2, 0.25) is 0 Å². The number of hydrogen-bond donors (Lipinski definition) is 2. The number of fused-ring (bicyclic) bond motifs is 3. The van der Waals surface area contributed by atoms with Crippen molar-refractivity contribution in [2.75, 3.05) is 13.2 Å². The van der Waals surface area contributed by atoms with Crippen molar-refractivity contribution < 1.29 is 28.7 Å². The summed E-state index contributed by atoms with van der Waals surface area (Å²) in [4.78, 5) is 58.1. The maximum atomic E-state index is 14.5. The van der Waals surface area contributed by atoms with Gasteiger partial charge in [-0.15, -0.1) is 0 Å². The Morgan fingerprint density at radius 3 is 2.66 bits per heavy atom. The van der Waals surface area contributed by atoms with Crippen molar-refractivity contribution in [3.05, 3.63) is 46.2 Å². The van der Waals surface area contributed by atoms with E-state index >= 15 is 0 Å². The Kier molecular flexibility index (Phi) is 10.1. The maximum absolute atomic E-state index is 14.5. The minimum absolute atomic E-state index is 0.148. The zero-order chi connectivity index (χ0) is 35.8. The first kappa shape index (κ1) is 35.6. The maximum Gasteiger partial charge on any atom is 0.408 e. The second-order valence-corrected chi connectivity index (χ2v) is 15.5. The number of aromatic nitrogens is 3. The van der Waals surface area contributed by atoms with Gasteiger partial charge in [0.25, 0.3) is 0 Å². The van der Waals surface area contributed by atoms with Gasteiger partial charge in [-0.1, -0.05) is 25.0 Å². The minimum Gasteiger partial charge on any atom is -0.464 e. The lowest BCUT2D eigenvalue weighted by Gasteiger charge is -2.30. The summed E-state index contributed by atoms with van der Waals surface area (Å²) in [6.45, 7) is 11.5. The number of ether oxygens (including phenoxy) is 2. The van der Waals surface area contributed by atoms with E-state index in [-0.39, 0.29) is 31.4 Å². The molecule has 5 atom stereocenters. The van der Waals surface area contributed by atoms with Gasteiger partial charge in [0, 0.05) is 18.9 Å². The fourth-order valence-corrected chi connectivity index (χ4v) is 7.80. The molecule has 1 aliphatic carbocycles. The zero-order valence-corrected chi connectivity index (χ0v) is 30.6. The van der Waals surface area contributed by atoms with Gasteiger partial charge in [0.2, 0.25) is 11.8 Å². The van der Waals surface area contributed by atoms with Crippen LogP contribution in [0.1, 0.15) is 89.8 Å². The molecule has 2 fully saturated rings. The summed E-state index contributed by atoms with van der Waals surface area (Å²) in [5, 5.41) is 19.8. The summed E-state index contributed by atoms with van der Waals surface area (Å²) in [6, 6.07) is 1.85. The smallest absolute Gasteiger partial charge is 0.408 e. The fraction of sp³-hybridized carbons (Fsp3) is 0.568. The van der Waals surface area contributed by atoms with Crippen molar-refractivity contribution in [2.24, 2.45) is 5.92 Å². The van der Waals surface area contributed by atoms with E-state index in [4.69, 9.17) is 19.7 Å². The first-order chi connectivity index (χ1) is 23.8. The molecule has 2 N–H and O–H groups in total. The Morgan fingerprint density at radius 1 is 1.14 bits per heavy atom. The largest absolute Gasteiger partial charge is 0.464 e. The lowest BCUT2D eigenvalue weighted by molar-refractivity contribution is -0.150. The van der Waals surface area contributed by atoms with Crippen LogP contribution < -0.4 is 10.6 Å². The molecule has 1 saturated carbocycles. The Bertz CT molecular complexity index is 1800. The predicted molar refractivity (Wildman–Crippen MR) is 190 cm³/mol. The topological polar surface area (TPSA) is 145 Å². The molecule has 2 aromatic heterocycles. The minimum atomic E-state index is -1.18. The number of benzene rings is 1. The molecule has 50 heavy (non-hydrogen) atoms. The number of carbonyl (C=O) groups is 4. The van der Waals surface area contributed by atoms with Gasteiger partial charge in [-0.2, -0.15) is 26.3 Å². The van der Waals surface area contributed by atoms with E-state index in [1.165, 1.54) is 4.90 Å². The highest BCUT2D eigenvalue weighted by Crippen LogP contribution is 2.46. The van der Waals surface area contributed by atoms with Crippen molar-refractivity contribution in [3.63, 3.8) is 0 Å². The highest BCUT2D eigenvalue weighted by Gasteiger charge is 2.62. The van der Waals surface area contributed by atoms with Crippen LogP contribution in [-0.2, 0) is 23.9 Å². The molecule has 1 aromatic carbocycles. The Morgan fingerprint density at radius 2 is 1.94 bits per heavy atom. The number of rotatable bonds is 5. The molecular weight excluding hydrogens is 657 g/mol. The Hall–Kier alpha value is -4.26. The molecule has 0 spiro atoms. The van der Waals surface area contributed by atoms with E-state index in [1.807, 2.05) is 24.4 Å². The highest BCUT2D eigenvalue weighted by atomic mass is 32.1. The van der Waals surface area contributed by atoms with Crippen molar-refractivity contribution in [3.8, 4) is 11.1 Å². The summed E-state index contributed by atoms with van der Waals surface area (Å²) < 4.78 is 11.0. The Balaban J connectivity index is 1.35. The van der Waals surface area contributed by atoms with Crippen molar-refractivity contribution in [2.45, 2.75) is 116 Å². The molecule has 3 aliphatic rings. The van der Waals surface area contributed by atoms with Crippen LogP contribution in [0.4, 0.5) is 4.79 Å². The number of esters is 1. The van der Waals surface area contributed by atoms with Crippen molar-refractivity contribution in [1.29, 1.82) is 0 Å². The number of nitrogens with zero attached hydrogens (tertiary/aromatic N) is 4. The van der Waals surface area contributed by atoms with Crippen LogP contribution in [0, 0.1) is 19.8 Å². The SMILES string of the molecule is CCOC(=O)[C@@]12CC1/C=C\CCCCC[C@H](NC(=O)OC(C)(C)C)C(=O)N1CC(n3nc4cc(-c5ccsc5)c(C)c(C)c4n3)CC1C(=O)N2. The monoisotopic (exact) mass is 704 g/mol.